The number of hydrogen-bond acceptors (Lipinski definition) is 3. The summed E-state index contributed by atoms with van der Waals surface area (Å²) >= 11 is 3.44. The van der Waals surface area contributed by atoms with E-state index in [4.69, 9.17) is 9.47 Å². The maximum absolute atomic E-state index is 12.7. The van der Waals surface area contributed by atoms with E-state index < -0.39 is 0 Å². The molecule has 0 radical (unpaired) electrons. The van der Waals surface area contributed by atoms with E-state index in [9.17, 15) is 4.79 Å². The minimum atomic E-state index is -0.146. The van der Waals surface area contributed by atoms with Crippen molar-refractivity contribution in [2.75, 3.05) is 6.61 Å². The number of halogens is 1. The molecule has 0 aliphatic rings. The molecule has 0 saturated heterocycles. The molecular formula is C23H30BrNO3. The topological polar surface area (TPSA) is 47.6 Å². The van der Waals surface area contributed by atoms with Gasteiger partial charge in [-0.25, -0.2) is 0 Å². The Hall–Kier alpha value is -2.01. The van der Waals surface area contributed by atoms with Crippen LogP contribution in [0.15, 0.2) is 46.9 Å². The van der Waals surface area contributed by atoms with Crippen LogP contribution in [0, 0.1) is 0 Å². The van der Waals surface area contributed by atoms with Gasteiger partial charge in [-0.3, -0.25) is 4.79 Å². The molecule has 2 rings (SSSR count). The lowest BCUT2D eigenvalue weighted by molar-refractivity contribution is 0.0946. The summed E-state index contributed by atoms with van der Waals surface area (Å²) in [5.74, 6) is 1.31. The maximum Gasteiger partial charge on any atom is 0.255 e. The largest absolute Gasteiger partial charge is 0.493 e. The molecule has 152 valence electrons. The maximum atomic E-state index is 12.7. The van der Waals surface area contributed by atoms with E-state index in [-0.39, 0.29) is 12.0 Å². The molecular weight excluding hydrogens is 418 g/mol. The van der Waals surface area contributed by atoms with Gasteiger partial charge in [0.15, 0.2) is 0 Å². The Kier molecular flexibility index (Phi) is 9.35. The fraction of sp³-hybridized carbons (Fsp3) is 0.435. The number of benzene rings is 2. The number of rotatable bonds is 11. The fourth-order valence-corrected chi connectivity index (χ4v) is 3.11. The SMILES string of the molecule is CCCCCCOc1ccc(Br)cc1C(=O)NCc1ccc(OC(C)C)cc1. The van der Waals surface area contributed by atoms with Gasteiger partial charge in [-0.05, 0) is 56.2 Å². The molecule has 0 fully saturated rings. The fourth-order valence-electron chi connectivity index (χ4n) is 2.75. The van der Waals surface area contributed by atoms with Crippen molar-refractivity contribution in [2.45, 2.75) is 59.1 Å². The molecule has 4 nitrogen and oxygen atoms in total. The third-order valence-electron chi connectivity index (χ3n) is 4.19. The van der Waals surface area contributed by atoms with Gasteiger partial charge in [-0.2, -0.15) is 0 Å². The number of hydrogen-bond donors (Lipinski definition) is 1. The van der Waals surface area contributed by atoms with Gasteiger partial charge in [0.25, 0.3) is 5.91 Å². The van der Waals surface area contributed by atoms with E-state index in [1.165, 1.54) is 12.8 Å². The zero-order valence-electron chi connectivity index (χ0n) is 17.0. The van der Waals surface area contributed by atoms with Crippen LogP contribution >= 0.6 is 15.9 Å². The number of unbranched alkanes of at least 4 members (excludes halogenated alkanes) is 3. The molecule has 0 spiro atoms. The highest BCUT2D eigenvalue weighted by Crippen LogP contribution is 2.24. The van der Waals surface area contributed by atoms with Gasteiger partial charge in [0.05, 0.1) is 18.3 Å². The average Bonchev–Trinajstić information content (AvgIpc) is 2.67. The van der Waals surface area contributed by atoms with Gasteiger partial charge in [-0.15, -0.1) is 0 Å². The summed E-state index contributed by atoms with van der Waals surface area (Å²) in [6, 6.07) is 13.3. The van der Waals surface area contributed by atoms with Gasteiger partial charge in [-0.1, -0.05) is 54.2 Å². The Bertz CT molecular complexity index is 744. The van der Waals surface area contributed by atoms with Crippen molar-refractivity contribution in [2.24, 2.45) is 0 Å². The van der Waals surface area contributed by atoms with E-state index in [0.29, 0.717) is 24.5 Å². The highest BCUT2D eigenvalue weighted by Gasteiger charge is 2.13. The highest BCUT2D eigenvalue weighted by atomic mass is 79.9. The summed E-state index contributed by atoms with van der Waals surface area (Å²) in [7, 11) is 0. The summed E-state index contributed by atoms with van der Waals surface area (Å²) in [5, 5.41) is 2.97. The molecule has 0 aliphatic heterocycles. The lowest BCUT2D eigenvalue weighted by atomic mass is 10.1. The molecule has 0 aromatic heterocycles. The van der Waals surface area contributed by atoms with Crippen molar-refractivity contribution in [1.82, 2.24) is 5.32 Å². The quantitative estimate of drug-likeness (QED) is 0.421. The van der Waals surface area contributed by atoms with Crippen LogP contribution in [0.5, 0.6) is 11.5 Å². The number of ether oxygens (including phenoxy) is 2. The van der Waals surface area contributed by atoms with Crippen molar-refractivity contribution in [3.63, 3.8) is 0 Å². The first-order valence-corrected chi connectivity index (χ1v) is 10.7. The molecule has 0 unspecified atom stereocenters. The van der Waals surface area contributed by atoms with E-state index in [0.717, 1.165) is 28.6 Å². The third kappa shape index (κ3) is 7.55. The van der Waals surface area contributed by atoms with E-state index in [2.05, 4.69) is 28.2 Å². The van der Waals surface area contributed by atoms with Gasteiger partial charge in [0.1, 0.15) is 11.5 Å². The summed E-state index contributed by atoms with van der Waals surface area (Å²) in [6.07, 6.45) is 4.68. The molecule has 0 bridgehead atoms. The first kappa shape index (κ1) is 22.3. The molecule has 0 aliphatic carbocycles. The Morgan fingerprint density at radius 3 is 2.50 bits per heavy atom. The molecule has 0 heterocycles. The molecule has 28 heavy (non-hydrogen) atoms. The van der Waals surface area contributed by atoms with Gasteiger partial charge in [0, 0.05) is 11.0 Å². The van der Waals surface area contributed by atoms with Crippen molar-refractivity contribution in [1.29, 1.82) is 0 Å². The van der Waals surface area contributed by atoms with E-state index in [1.54, 1.807) is 6.07 Å². The summed E-state index contributed by atoms with van der Waals surface area (Å²) in [5.41, 5.74) is 1.56. The van der Waals surface area contributed by atoms with Crippen LogP contribution in [0.2, 0.25) is 0 Å². The minimum absolute atomic E-state index is 0.141. The number of carbonyl (C=O) groups is 1. The van der Waals surface area contributed by atoms with Gasteiger partial charge >= 0.3 is 0 Å². The second-order valence-corrected chi connectivity index (χ2v) is 7.96. The zero-order valence-corrected chi connectivity index (χ0v) is 18.6. The van der Waals surface area contributed by atoms with E-state index >= 15 is 0 Å². The molecule has 2 aromatic rings. The predicted molar refractivity (Wildman–Crippen MR) is 117 cm³/mol. The summed E-state index contributed by atoms with van der Waals surface area (Å²) < 4.78 is 12.4. The second-order valence-electron chi connectivity index (χ2n) is 7.04. The first-order chi connectivity index (χ1) is 13.5. The molecule has 0 atom stereocenters. The lowest BCUT2D eigenvalue weighted by Gasteiger charge is -2.13. The molecule has 2 aromatic carbocycles. The number of carbonyl (C=O) groups excluding carboxylic acids is 1. The Morgan fingerprint density at radius 2 is 1.82 bits per heavy atom. The van der Waals surface area contributed by atoms with Gasteiger partial charge < -0.3 is 14.8 Å². The normalized spacial score (nSPS) is 10.8. The van der Waals surface area contributed by atoms with Crippen LogP contribution in [0.3, 0.4) is 0 Å². The third-order valence-corrected chi connectivity index (χ3v) is 4.68. The lowest BCUT2D eigenvalue weighted by Crippen LogP contribution is -2.23. The van der Waals surface area contributed by atoms with Crippen molar-refractivity contribution >= 4 is 21.8 Å². The highest BCUT2D eigenvalue weighted by molar-refractivity contribution is 9.10. The number of nitrogens with one attached hydrogen (secondary N) is 1. The van der Waals surface area contributed by atoms with Crippen LogP contribution in [0.25, 0.3) is 0 Å². The first-order valence-electron chi connectivity index (χ1n) is 9.95. The molecule has 0 saturated carbocycles. The van der Waals surface area contributed by atoms with Crippen LogP contribution in [-0.2, 0) is 6.54 Å². The van der Waals surface area contributed by atoms with Gasteiger partial charge in [0.2, 0.25) is 0 Å². The average molecular weight is 448 g/mol. The molecule has 1 amide bonds. The van der Waals surface area contributed by atoms with E-state index in [1.807, 2.05) is 50.2 Å². The minimum Gasteiger partial charge on any atom is -0.493 e. The zero-order chi connectivity index (χ0) is 20.4. The van der Waals surface area contributed by atoms with Crippen molar-refractivity contribution < 1.29 is 14.3 Å². The second kappa shape index (κ2) is 11.7. The Labute approximate surface area is 176 Å². The van der Waals surface area contributed by atoms with Crippen molar-refractivity contribution in [3.05, 3.63) is 58.1 Å². The van der Waals surface area contributed by atoms with Crippen LogP contribution < -0.4 is 14.8 Å². The van der Waals surface area contributed by atoms with Crippen LogP contribution in [0.4, 0.5) is 0 Å². The van der Waals surface area contributed by atoms with Crippen LogP contribution in [-0.4, -0.2) is 18.6 Å². The Balaban J connectivity index is 1.94. The van der Waals surface area contributed by atoms with Crippen LogP contribution in [0.1, 0.15) is 62.4 Å². The molecule has 5 heteroatoms. The predicted octanol–water partition coefficient (Wildman–Crippen LogP) is 6.13. The van der Waals surface area contributed by atoms with Crippen molar-refractivity contribution in [3.8, 4) is 11.5 Å². The standard InChI is InChI=1S/C23H30BrNO3/c1-4-5-6-7-14-27-22-13-10-19(24)15-21(22)23(26)25-16-18-8-11-20(12-9-18)28-17(2)3/h8-13,15,17H,4-7,14,16H2,1-3H3,(H,25,26). The smallest absolute Gasteiger partial charge is 0.255 e. The Morgan fingerprint density at radius 1 is 1.07 bits per heavy atom. The molecule has 1 N–H and O–H groups in total. The summed E-state index contributed by atoms with van der Waals surface area (Å²) in [4.78, 5) is 12.7. The number of amides is 1. The summed E-state index contributed by atoms with van der Waals surface area (Å²) in [6.45, 7) is 7.25. The monoisotopic (exact) mass is 447 g/mol.